The molecule has 0 spiro atoms. The van der Waals surface area contributed by atoms with Gasteiger partial charge in [0.25, 0.3) is 0 Å². The average molecular weight is 235 g/mol. The number of hydrogen-bond acceptors (Lipinski definition) is 2. The van der Waals surface area contributed by atoms with E-state index < -0.39 is 0 Å². The second-order valence-electron chi connectivity index (χ2n) is 4.86. The van der Waals surface area contributed by atoms with Crippen molar-refractivity contribution < 1.29 is 4.39 Å². The highest BCUT2D eigenvalue weighted by Gasteiger charge is 2.13. The molecule has 92 valence electrons. The van der Waals surface area contributed by atoms with Gasteiger partial charge in [-0.1, -0.05) is 20.8 Å². The third-order valence-electron chi connectivity index (χ3n) is 2.25. The molecule has 0 saturated heterocycles. The van der Waals surface area contributed by atoms with Gasteiger partial charge in [-0.05, 0) is 30.3 Å². The van der Waals surface area contributed by atoms with Gasteiger partial charge in [-0.2, -0.15) is 0 Å². The van der Waals surface area contributed by atoms with Gasteiger partial charge in [0.1, 0.15) is 11.7 Å². The molecule has 0 aromatic heterocycles. The van der Waals surface area contributed by atoms with Gasteiger partial charge in [0.2, 0.25) is 0 Å². The molecule has 0 unspecified atom stereocenters. The molecular formula is C13H18FN3. The Morgan fingerprint density at radius 1 is 1.18 bits per heavy atom. The van der Waals surface area contributed by atoms with Gasteiger partial charge in [0, 0.05) is 11.1 Å². The number of hydrogen-bond donors (Lipinski definition) is 2. The summed E-state index contributed by atoms with van der Waals surface area (Å²) in [6.07, 6.45) is 1.63. The molecule has 0 heterocycles. The van der Waals surface area contributed by atoms with Gasteiger partial charge < -0.3 is 11.5 Å². The zero-order chi connectivity index (χ0) is 13.1. The Kier molecular flexibility index (Phi) is 3.89. The molecule has 1 aromatic rings. The minimum Gasteiger partial charge on any atom is -0.401 e. The van der Waals surface area contributed by atoms with Gasteiger partial charge >= 0.3 is 0 Å². The molecular weight excluding hydrogens is 217 g/mol. The van der Waals surface area contributed by atoms with Gasteiger partial charge in [-0.3, -0.25) is 0 Å². The number of benzene rings is 1. The Morgan fingerprint density at radius 2 is 1.71 bits per heavy atom. The van der Waals surface area contributed by atoms with Crippen LogP contribution in [0, 0.1) is 11.2 Å². The third-order valence-corrected chi connectivity index (χ3v) is 2.25. The molecule has 1 aromatic carbocycles. The summed E-state index contributed by atoms with van der Waals surface area (Å²) < 4.78 is 12.7. The summed E-state index contributed by atoms with van der Waals surface area (Å²) >= 11 is 0. The predicted octanol–water partition coefficient (Wildman–Crippen LogP) is 2.70. The van der Waals surface area contributed by atoms with Crippen LogP contribution >= 0.6 is 0 Å². The van der Waals surface area contributed by atoms with Crippen LogP contribution in [-0.2, 0) is 0 Å². The molecule has 0 amide bonds. The molecule has 0 aliphatic carbocycles. The van der Waals surface area contributed by atoms with Gasteiger partial charge in [-0.25, -0.2) is 9.38 Å². The number of rotatable bonds is 2. The van der Waals surface area contributed by atoms with Gasteiger partial charge in [-0.15, -0.1) is 0 Å². The fourth-order valence-electron chi connectivity index (χ4n) is 1.07. The van der Waals surface area contributed by atoms with Crippen LogP contribution in [0.5, 0.6) is 0 Å². The summed E-state index contributed by atoms with van der Waals surface area (Å²) in [7, 11) is 0. The van der Waals surface area contributed by atoms with E-state index >= 15 is 0 Å². The van der Waals surface area contributed by atoms with Crippen molar-refractivity contribution in [2.75, 3.05) is 0 Å². The van der Waals surface area contributed by atoms with Crippen molar-refractivity contribution >= 4 is 11.5 Å². The van der Waals surface area contributed by atoms with Crippen LogP contribution in [-0.4, -0.2) is 5.84 Å². The van der Waals surface area contributed by atoms with Crippen LogP contribution in [0.3, 0.4) is 0 Å². The lowest BCUT2D eigenvalue weighted by atomic mass is 9.92. The molecule has 4 N–H and O–H groups in total. The first-order valence-electron chi connectivity index (χ1n) is 5.36. The standard InChI is InChI=1S/C13H18FN3/c1-13(2,3)11(15)8-12(16)17-10-6-4-9(14)5-7-10/h4-8H,15H2,1-3H3,(H2,16,17). The minimum atomic E-state index is -0.299. The first-order chi connectivity index (χ1) is 7.79. The van der Waals surface area contributed by atoms with E-state index in [0.29, 0.717) is 17.2 Å². The maximum absolute atomic E-state index is 12.7. The highest BCUT2D eigenvalue weighted by Crippen LogP contribution is 2.20. The topological polar surface area (TPSA) is 64.4 Å². The minimum absolute atomic E-state index is 0.150. The molecule has 17 heavy (non-hydrogen) atoms. The Labute approximate surface area is 101 Å². The Morgan fingerprint density at radius 3 is 2.18 bits per heavy atom. The summed E-state index contributed by atoms with van der Waals surface area (Å²) in [5, 5.41) is 0. The Balaban J connectivity index is 2.90. The number of nitrogens with two attached hydrogens (primary N) is 2. The second kappa shape index (κ2) is 4.99. The van der Waals surface area contributed by atoms with Crippen molar-refractivity contribution in [2.45, 2.75) is 20.8 Å². The molecule has 0 atom stereocenters. The number of halogens is 1. The number of aliphatic imine (C=N–C) groups is 1. The van der Waals surface area contributed by atoms with Crippen LogP contribution in [0.1, 0.15) is 20.8 Å². The number of nitrogens with zero attached hydrogens (tertiary/aromatic N) is 1. The quantitative estimate of drug-likeness (QED) is 0.611. The van der Waals surface area contributed by atoms with Crippen LogP contribution in [0.15, 0.2) is 41.0 Å². The van der Waals surface area contributed by atoms with Gasteiger partial charge in [0.15, 0.2) is 0 Å². The second-order valence-corrected chi connectivity index (χ2v) is 4.86. The highest BCUT2D eigenvalue weighted by molar-refractivity contribution is 5.93. The molecule has 3 nitrogen and oxygen atoms in total. The summed E-state index contributed by atoms with van der Waals surface area (Å²) in [6, 6.07) is 5.79. The number of allylic oxidation sites excluding steroid dienone is 1. The SMILES string of the molecule is CC(C)(C)C(N)=CC(N)=Nc1ccc(F)cc1. The highest BCUT2D eigenvalue weighted by atomic mass is 19.1. The summed E-state index contributed by atoms with van der Waals surface area (Å²) in [5.74, 6) is 0.0105. The van der Waals surface area contributed by atoms with Crippen LogP contribution in [0.2, 0.25) is 0 Å². The van der Waals surface area contributed by atoms with Crippen molar-refractivity contribution in [3.05, 3.63) is 41.9 Å². The monoisotopic (exact) mass is 235 g/mol. The molecule has 1 rings (SSSR count). The summed E-state index contributed by atoms with van der Waals surface area (Å²) in [6.45, 7) is 5.97. The summed E-state index contributed by atoms with van der Waals surface area (Å²) in [5.41, 5.74) is 12.7. The zero-order valence-corrected chi connectivity index (χ0v) is 10.4. The van der Waals surface area contributed by atoms with Crippen LogP contribution in [0.25, 0.3) is 0 Å². The molecule has 0 radical (unpaired) electrons. The fourth-order valence-corrected chi connectivity index (χ4v) is 1.07. The lowest BCUT2D eigenvalue weighted by Crippen LogP contribution is -2.20. The predicted molar refractivity (Wildman–Crippen MR) is 69.4 cm³/mol. The Hall–Kier alpha value is -1.84. The largest absolute Gasteiger partial charge is 0.401 e. The van der Waals surface area contributed by atoms with E-state index in [1.807, 2.05) is 20.8 Å². The van der Waals surface area contributed by atoms with Crippen molar-refractivity contribution in [1.29, 1.82) is 0 Å². The lowest BCUT2D eigenvalue weighted by molar-refractivity contribution is 0.498. The van der Waals surface area contributed by atoms with Crippen LogP contribution < -0.4 is 11.5 Å². The third kappa shape index (κ3) is 4.26. The molecule has 0 fully saturated rings. The summed E-state index contributed by atoms with van der Waals surface area (Å²) in [4.78, 5) is 4.12. The Bertz CT molecular complexity index is 439. The number of amidine groups is 1. The zero-order valence-electron chi connectivity index (χ0n) is 10.4. The van der Waals surface area contributed by atoms with E-state index in [4.69, 9.17) is 11.5 Å². The van der Waals surface area contributed by atoms with E-state index in [1.54, 1.807) is 18.2 Å². The molecule has 0 aliphatic rings. The van der Waals surface area contributed by atoms with E-state index in [2.05, 4.69) is 4.99 Å². The van der Waals surface area contributed by atoms with Crippen molar-refractivity contribution in [2.24, 2.45) is 21.9 Å². The van der Waals surface area contributed by atoms with Crippen LogP contribution in [0.4, 0.5) is 10.1 Å². The maximum Gasteiger partial charge on any atom is 0.125 e. The van der Waals surface area contributed by atoms with E-state index in [1.165, 1.54) is 12.1 Å². The van der Waals surface area contributed by atoms with E-state index in [0.717, 1.165) is 0 Å². The first kappa shape index (κ1) is 13.2. The average Bonchev–Trinajstić information content (AvgIpc) is 2.20. The maximum atomic E-state index is 12.7. The molecule has 0 aliphatic heterocycles. The molecule has 0 bridgehead atoms. The van der Waals surface area contributed by atoms with Crippen molar-refractivity contribution in [3.63, 3.8) is 0 Å². The normalized spacial score (nSPS) is 13.9. The molecule has 0 saturated carbocycles. The smallest absolute Gasteiger partial charge is 0.125 e. The molecule has 4 heteroatoms. The fraction of sp³-hybridized carbons (Fsp3) is 0.308. The van der Waals surface area contributed by atoms with Crippen molar-refractivity contribution in [3.8, 4) is 0 Å². The van der Waals surface area contributed by atoms with E-state index in [-0.39, 0.29) is 11.2 Å². The van der Waals surface area contributed by atoms with Gasteiger partial charge in [0.05, 0.1) is 5.69 Å². The lowest BCUT2D eigenvalue weighted by Gasteiger charge is -2.18. The van der Waals surface area contributed by atoms with E-state index in [9.17, 15) is 4.39 Å². The van der Waals surface area contributed by atoms with Crippen molar-refractivity contribution in [1.82, 2.24) is 0 Å². The first-order valence-corrected chi connectivity index (χ1v) is 5.36.